The number of amides is 1. The molecule has 0 aliphatic carbocycles. The van der Waals surface area contributed by atoms with Gasteiger partial charge in [0.25, 0.3) is 5.91 Å². The minimum Gasteiger partial charge on any atom is -0.379 e. The average Bonchev–Trinajstić information content (AvgIpc) is 2.88. The Balaban J connectivity index is 1.66. The third kappa shape index (κ3) is 4.48. The van der Waals surface area contributed by atoms with Crippen molar-refractivity contribution in [2.45, 2.75) is 6.42 Å². The van der Waals surface area contributed by atoms with Gasteiger partial charge in [-0.2, -0.15) is 0 Å². The highest BCUT2D eigenvalue weighted by atomic mass is 16.5. The van der Waals surface area contributed by atoms with Crippen LogP contribution in [0.1, 0.15) is 16.2 Å². The fraction of sp³-hybridized carbons (Fsp3) is 0.471. The molecule has 0 saturated carbocycles. The zero-order valence-electron chi connectivity index (χ0n) is 14.5. The zero-order chi connectivity index (χ0) is 17.6. The maximum absolute atomic E-state index is 12.6. The smallest absolute Gasteiger partial charge is 0.274 e. The molecule has 25 heavy (non-hydrogen) atoms. The molecule has 1 fully saturated rings. The highest BCUT2D eigenvalue weighted by Gasteiger charge is 2.24. The van der Waals surface area contributed by atoms with E-state index in [9.17, 15) is 4.79 Å². The van der Waals surface area contributed by atoms with Gasteiger partial charge >= 0.3 is 0 Å². The Kier molecular flexibility index (Phi) is 5.49. The fourth-order valence-corrected chi connectivity index (χ4v) is 2.74. The minimum atomic E-state index is -0.113. The summed E-state index contributed by atoms with van der Waals surface area (Å²) in [5, 5.41) is 0. The van der Waals surface area contributed by atoms with Crippen LogP contribution < -0.4 is 4.90 Å². The lowest BCUT2D eigenvalue weighted by Gasteiger charge is -2.23. The van der Waals surface area contributed by atoms with Crippen molar-refractivity contribution in [2.75, 3.05) is 45.3 Å². The van der Waals surface area contributed by atoms with E-state index in [1.807, 2.05) is 19.0 Å². The van der Waals surface area contributed by atoms with E-state index < -0.39 is 0 Å². The number of ether oxygens (including phenoxy) is 1. The molecule has 0 N–H and O–H groups in total. The van der Waals surface area contributed by atoms with E-state index >= 15 is 0 Å². The predicted octanol–water partition coefficient (Wildman–Crippen LogP) is 0.664. The number of aromatic nitrogens is 4. The van der Waals surface area contributed by atoms with E-state index in [1.165, 1.54) is 12.4 Å². The van der Waals surface area contributed by atoms with Gasteiger partial charge in [0.1, 0.15) is 11.5 Å². The number of nitrogens with zero attached hydrogens (tertiary/aromatic N) is 6. The summed E-state index contributed by atoms with van der Waals surface area (Å²) in [4.78, 5) is 33.2. The summed E-state index contributed by atoms with van der Waals surface area (Å²) < 4.78 is 5.67. The van der Waals surface area contributed by atoms with Crippen molar-refractivity contribution >= 4 is 11.7 Å². The third-order valence-corrected chi connectivity index (χ3v) is 4.05. The molecule has 2 aromatic rings. The van der Waals surface area contributed by atoms with Crippen molar-refractivity contribution in [2.24, 2.45) is 5.92 Å². The van der Waals surface area contributed by atoms with Gasteiger partial charge in [0, 0.05) is 45.5 Å². The molecule has 1 saturated heterocycles. The van der Waals surface area contributed by atoms with Gasteiger partial charge in [-0.1, -0.05) is 0 Å². The zero-order valence-corrected chi connectivity index (χ0v) is 14.5. The predicted molar refractivity (Wildman–Crippen MR) is 92.3 cm³/mol. The lowest BCUT2D eigenvalue weighted by Crippen LogP contribution is -2.37. The van der Waals surface area contributed by atoms with Gasteiger partial charge < -0.3 is 14.5 Å². The molecule has 1 aliphatic heterocycles. The molecule has 0 aromatic carbocycles. The van der Waals surface area contributed by atoms with Gasteiger partial charge in [0.15, 0.2) is 0 Å². The van der Waals surface area contributed by atoms with Crippen molar-refractivity contribution in [3.05, 3.63) is 42.4 Å². The van der Waals surface area contributed by atoms with E-state index in [1.54, 1.807) is 23.5 Å². The summed E-state index contributed by atoms with van der Waals surface area (Å²) in [5.41, 5.74) is 1.26. The minimum absolute atomic E-state index is 0.113. The Morgan fingerprint density at radius 2 is 2.12 bits per heavy atom. The largest absolute Gasteiger partial charge is 0.379 e. The molecule has 0 unspecified atom stereocenters. The summed E-state index contributed by atoms with van der Waals surface area (Å²) in [6, 6.07) is 0. The molecule has 8 heteroatoms. The molecule has 0 spiro atoms. The van der Waals surface area contributed by atoms with Gasteiger partial charge in [-0.05, 0) is 6.42 Å². The van der Waals surface area contributed by atoms with Crippen LogP contribution in [0, 0.1) is 5.92 Å². The van der Waals surface area contributed by atoms with Crippen molar-refractivity contribution < 1.29 is 9.53 Å². The van der Waals surface area contributed by atoms with Crippen LogP contribution in [0.3, 0.4) is 0 Å². The maximum atomic E-state index is 12.6. The van der Waals surface area contributed by atoms with E-state index in [2.05, 4.69) is 19.9 Å². The Morgan fingerprint density at radius 1 is 1.24 bits per heavy atom. The van der Waals surface area contributed by atoms with Crippen LogP contribution in [0.4, 0.5) is 5.82 Å². The number of carbonyl (C=O) groups excluding carboxylic acids is 1. The van der Waals surface area contributed by atoms with Gasteiger partial charge in [-0.15, -0.1) is 0 Å². The molecular weight excluding hydrogens is 320 g/mol. The normalized spacial score (nSPS) is 17.8. The highest BCUT2D eigenvalue weighted by Crippen LogP contribution is 2.15. The monoisotopic (exact) mass is 342 g/mol. The second-order valence-electron chi connectivity index (χ2n) is 6.25. The van der Waals surface area contributed by atoms with E-state index in [4.69, 9.17) is 4.74 Å². The first-order valence-electron chi connectivity index (χ1n) is 8.25. The van der Waals surface area contributed by atoms with E-state index in [0.29, 0.717) is 38.4 Å². The van der Waals surface area contributed by atoms with Crippen LogP contribution in [0.25, 0.3) is 0 Å². The van der Waals surface area contributed by atoms with Crippen molar-refractivity contribution in [1.82, 2.24) is 24.8 Å². The van der Waals surface area contributed by atoms with Crippen LogP contribution in [0.2, 0.25) is 0 Å². The summed E-state index contributed by atoms with van der Waals surface area (Å²) >= 11 is 0. The van der Waals surface area contributed by atoms with Gasteiger partial charge in [-0.3, -0.25) is 14.8 Å². The van der Waals surface area contributed by atoms with Crippen LogP contribution >= 0.6 is 0 Å². The molecule has 3 rings (SSSR count). The second kappa shape index (κ2) is 7.98. The fourth-order valence-electron chi connectivity index (χ4n) is 2.74. The molecule has 8 nitrogen and oxygen atoms in total. The number of anilines is 1. The first-order valence-corrected chi connectivity index (χ1v) is 8.25. The van der Waals surface area contributed by atoms with Crippen LogP contribution in [0.5, 0.6) is 0 Å². The molecule has 132 valence electrons. The molecule has 0 radical (unpaired) electrons. The molecule has 1 aliphatic rings. The summed E-state index contributed by atoms with van der Waals surface area (Å²) in [7, 11) is 3.86. The number of rotatable bonds is 4. The Bertz CT molecular complexity index is 692. The Morgan fingerprint density at radius 3 is 2.80 bits per heavy atom. The SMILES string of the molecule is CN(C)c1cnc(C[C@H]2COCCN(C(=O)c3cnccn3)C2)cn1. The molecule has 1 amide bonds. The number of hydrogen-bond acceptors (Lipinski definition) is 7. The summed E-state index contributed by atoms with van der Waals surface area (Å²) in [6.07, 6.45) is 8.84. The Labute approximate surface area is 146 Å². The summed E-state index contributed by atoms with van der Waals surface area (Å²) in [5.74, 6) is 0.876. The third-order valence-electron chi connectivity index (χ3n) is 4.05. The quantitative estimate of drug-likeness (QED) is 0.807. The second-order valence-corrected chi connectivity index (χ2v) is 6.25. The van der Waals surface area contributed by atoms with Crippen molar-refractivity contribution in [1.29, 1.82) is 0 Å². The highest BCUT2D eigenvalue weighted by molar-refractivity contribution is 5.92. The number of hydrogen-bond donors (Lipinski definition) is 0. The molecule has 2 aromatic heterocycles. The van der Waals surface area contributed by atoms with Gasteiger partial charge in [0.2, 0.25) is 0 Å². The summed E-state index contributed by atoms with van der Waals surface area (Å²) in [6.45, 7) is 2.28. The average molecular weight is 342 g/mol. The molecule has 0 bridgehead atoms. The lowest BCUT2D eigenvalue weighted by atomic mass is 10.0. The van der Waals surface area contributed by atoms with Crippen LogP contribution in [0.15, 0.2) is 31.0 Å². The molecule has 3 heterocycles. The van der Waals surface area contributed by atoms with Crippen molar-refractivity contribution in [3.63, 3.8) is 0 Å². The standard InChI is InChI=1S/C17H22N6O2/c1-22(2)16-10-20-14(8-21-16)7-13-11-23(5-6-25-12-13)17(24)15-9-18-3-4-19-15/h3-4,8-10,13H,5-7,11-12H2,1-2H3/t13-/m1/s1. The molecule has 1 atom stereocenters. The van der Waals surface area contributed by atoms with E-state index in [-0.39, 0.29) is 11.8 Å². The van der Waals surface area contributed by atoms with E-state index in [0.717, 1.165) is 11.5 Å². The first-order chi connectivity index (χ1) is 12.1. The first kappa shape index (κ1) is 17.2. The molecular formula is C17H22N6O2. The van der Waals surface area contributed by atoms with Crippen molar-refractivity contribution in [3.8, 4) is 0 Å². The maximum Gasteiger partial charge on any atom is 0.274 e. The van der Waals surface area contributed by atoms with Gasteiger partial charge in [-0.25, -0.2) is 9.97 Å². The Hall–Kier alpha value is -2.61. The van der Waals surface area contributed by atoms with Crippen LogP contribution in [-0.4, -0.2) is 71.1 Å². The van der Waals surface area contributed by atoms with Crippen LogP contribution in [-0.2, 0) is 11.2 Å². The van der Waals surface area contributed by atoms with Gasteiger partial charge in [0.05, 0.1) is 37.5 Å². The topological polar surface area (TPSA) is 84.3 Å². The lowest BCUT2D eigenvalue weighted by molar-refractivity contribution is 0.0731. The number of carbonyl (C=O) groups is 1.